The Morgan fingerprint density at radius 1 is 0.392 bits per heavy atom. The molecule has 3 heterocycles. The summed E-state index contributed by atoms with van der Waals surface area (Å²) in [7, 11) is 0. The smallest absolute Gasteiger partial charge is 0.143 e. The normalized spacial score (nSPS) is 15.5. The molecule has 0 saturated heterocycles. The number of furan rings is 1. The molecule has 2 aromatic heterocycles. The molecule has 1 aliphatic heterocycles. The van der Waals surface area contributed by atoms with E-state index in [1.807, 2.05) is 6.07 Å². The molecule has 0 N–H and O–H groups in total. The van der Waals surface area contributed by atoms with E-state index >= 15 is 0 Å². The van der Waals surface area contributed by atoms with Gasteiger partial charge in [-0.15, -0.1) is 0 Å². The first-order valence-corrected chi connectivity index (χ1v) is 17.7. The van der Waals surface area contributed by atoms with Gasteiger partial charge >= 0.3 is 0 Å². The van der Waals surface area contributed by atoms with Crippen LogP contribution in [0.2, 0.25) is 0 Å². The van der Waals surface area contributed by atoms with Gasteiger partial charge in [-0.25, -0.2) is 0 Å². The highest BCUT2D eigenvalue weighted by Gasteiger charge is 2.51. The Hall–Kier alpha value is -6.64. The number of hydrogen-bond acceptors (Lipinski definition) is 1. The van der Waals surface area contributed by atoms with Crippen LogP contribution in [0.5, 0.6) is 0 Å². The van der Waals surface area contributed by atoms with Crippen LogP contribution in [0.25, 0.3) is 82.8 Å². The summed E-state index contributed by atoms with van der Waals surface area (Å²) < 4.78 is 8.94. The van der Waals surface area contributed by atoms with Crippen LogP contribution >= 0.6 is 0 Å². The topological polar surface area (TPSA) is 18.1 Å². The van der Waals surface area contributed by atoms with Gasteiger partial charge in [0, 0.05) is 27.1 Å². The SMILES string of the molecule is c1ccc2c(c1)-c1cccc(-c3ccc(-c4cccc5c4oc4ccccc45)cc3)c1C21c2ccccc2-n2c3ccccc3c3cccc1c32. The van der Waals surface area contributed by atoms with Crippen LogP contribution in [0.1, 0.15) is 22.3 Å². The van der Waals surface area contributed by atoms with Crippen molar-refractivity contribution < 1.29 is 4.42 Å². The summed E-state index contributed by atoms with van der Waals surface area (Å²) >= 11 is 0. The molecule has 10 aromatic rings. The number of para-hydroxylation sites is 5. The first-order valence-electron chi connectivity index (χ1n) is 17.7. The number of nitrogens with zero attached hydrogens (tertiary/aromatic N) is 1. The molecule has 0 radical (unpaired) electrons. The summed E-state index contributed by atoms with van der Waals surface area (Å²) in [6.07, 6.45) is 0. The van der Waals surface area contributed by atoms with Crippen molar-refractivity contribution >= 4 is 43.7 Å². The number of hydrogen-bond donors (Lipinski definition) is 0. The fourth-order valence-corrected chi connectivity index (χ4v) is 9.67. The third-order valence-electron chi connectivity index (χ3n) is 11.6. The first kappa shape index (κ1) is 27.2. The minimum Gasteiger partial charge on any atom is -0.455 e. The predicted molar refractivity (Wildman–Crippen MR) is 210 cm³/mol. The lowest BCUT2D eigenvalue weighted by molar-refractivity contribution is 0.670. The Bertz CT molecular complexity index is 3080. The summed E-state index contributed by atoms with van der Waals surface area (Å²) in [6.45, 7) is 0. The van der Waals surface area contributed by atoms with Crippen molar-refractivity contribution in [2.24, 2.45) is 0 Å². The maximum atomic E-state index is 6.43. The Labute approximate surface area is 294 Å². The standard InChI is InChI=1S/C49H29NO/c1-4-20-40-34(12-1)37-17-9-15-32(30-26-28-31(29-27-30)33-16-10-19-39-36-14-3-8-25-45(36)51-48(33)39)46(37)49(40)41-21-5-7-24-44(41)50-43-23-6-2-13-35(43)38-18-11-22-42(49)47(38)50/h1-29H. The highest BCUT2D eigenvalue weighted by molar-refractivity contribution is 6.13. The summed E-state index contributed by atoms with van der Waals surface area (Å²) in [5, 5.41) is 4.88. The van der Waals surface area contributed by atoms with E-state index in [0.29, 0.717) is 0 Å². The van der Waals surface area contributed by atoms with Crippen LogP contribution in [0, 0.1) is 0 Å². The Morgan fingerprint density at radius 3 is 1.88 bits per heavy atom. The summed E-state index contributed by atoms with van der Waals surface area (Å²) in [5.74, 6) is 0. The van der Waals surface area contributed by atoms with Gasteiger partial charge in [0.1, 0.15) is 11.2 Å². The highest BCUT2D eigenvalue weighted by Crippen LogP contribution is 2.62. The minimum atomic E-state index is -0.498. The molecule has 12 rings (SSSR count). The van der Waals surface area contributed by atoms with E-state index in [4.69, 9.17) is 4.42 Å². The van der Waals surface area contributed by atoms with E-state index in [1.165, 1.54) is 72.0 Å². The van der Waals surface area contributed by atoms with E-state index in [9.17, 15) is 0 Å². The quantitative estimate of drug-likeness (QED) is 0.183. The number of fused-ring (bicyclic) bond motifs is 15. The van der Waals surface area contributed by atoms with Crippen LogP contribution in [0.15, 0.2) is 180 Å². The Balaban J connectivity index is 1.14. The molecule has 0 bridgehead atoms. The zero-order chi connectivity index (χ0) is 33.3. The van der Waals surface area contributed by atoms with Crippen LogP contribution in [0.3, 0.4) is 0 Å². The van der Waals surface area contributed by atoms with Crippen LogP contribution in [-0.4, -0.2) is 4.57 Å². The minimum absolute atomic E-state index is 0.498. The third-order valence-corrected chi connectivity index (χ3v) is 11.6. The second kappa shape index (κ2) is 9.74. The van der Waals surface area contributed by atoms with Crippen molar-refractivity contribution in [2.45, 2.75) is 5.41 Å². The molecule has 2 nitrogen and oxygen atoms in total. The van der Waals surface area contributed by atoms with Gasteiger partial charge in [0.15, 0.2) is 0 Å². The molecule has 2 heteroatoms. The van der Waals surface area contributed by atoms with E-state index in [2.05, 4.69) is 174 Å². The van der Waals surface area contributed by atoms with Gasteiger partial charge in [-0.1, -0.05) is 158 Å². The van der Waals surface area contributed by atoms with Crippen molar-refractivity contribution in [2.75, 3.05) is 0 Å². The van der Waals surface area contributed by atoms with Crippen molar-refractivity contribution in [1.82, 2.24) is 4.57 Å². The van der Waals surface area contributed by atoms with Gasteiger partial charge in [0.25, 0.3) is 0 Å². The summed E-state index contributed by atoms with van der Waals surface area (Å²) in [4.78, 5) is 0. The van der Waals surface area contributed by atoms with Gasteiger partial charge in [-0.3, -0.25) is 0 Å². The molecule has 1 aliphatic carbocycles. The lowest BCUT2D eigenvalue weighted by Crippen LogP contribution is -2.34. The lowest BCUT2D eigenvalue weighted by Gasteiger charge is -2.40. The molecule has 236 valence electrons. The summed E-state index contributed by atoms with van der Waals surface area (Å²) in [5.41, 5.74) is 17.8. The molecule has 0 saturated carbocycles. The van der Waals surface area contributed by atoms with Gasteiger partial charge in [0.2, 0.25) is 0 Å². The van der Waals surface area contributed by atoms with Crippen molar-refractivity contribution in [3.8, 4) is 39.1 Å². The van der Waals surface area contributed by atoms with Crippen LogP contribution in [-0.2, 0) is 5.41 Å². The fraction of sp³-hybridized carbons (Fsp3) is 0.0204. The molecule has 0 fully saturated rings. The third kappa shape index (κ3) is 3.32. The number of benzene rings is 8. The average molecular weight is 648 g/mol. The predicted octanol–water partition coefficient (Wildman–Crippen LogP) is 12.7. The van der Waals surface area contributed by atoms with E-state index in [0.717, 1.165) is 33.1 Å². The molecule has 1 atom stereocenters. The van der Waals surface area contributed by atoms with Crippen LogP contribution < -0.4 is 0 Å². The van der Waals surface area contributed by atoms with Crippen molar-refractivity contribution in [3.05, 3.63) is 198 Å². The largest absolute Gasteiger partial charge is 0.455 e. The molecular formula is C49H29NO. The first-order chi connectivity index (χ1) is 25.3. The zero-order valence-electron chi connectivity index (χ0n) is 27.6. The van der Waals surface area contributed by atoms with E-state index < -0.39 is 5.41 Å². The monoisotopic (exact) mass is 647 g/mol. The maximum absolute atomic E-state index is 6.43. The second-order valence-corrected chi connectivity index (χ2v) is 14.0. The van der Waals surface area contributed by atoms with Gasteiger partial charge in [-0.05, 0) is 68.3 Å². The fourth-order valence-electron chi connectivity index (χ4n) is 9.67. The Morgan fingerprint density at radius 2 is 0.980 bits per heavy atom. The van der Waals surface area contributed by atoms with Gasteiger partial charge < -0.3 is 8.98 Å². The zero-order valence-corrected chi connectivity index (χ0v) is 27.6. The molecule has 1 unspecified atom stereocenters. The number of aromatic nitrogens is 1. The van der Waals surface area contributed by atoms with Crippen LogP contribution in [0.4, 0.5) is 0 Å². The maximum Gasteiger partial charge on any atom is 0.143 e. The van der Waals surface area contributed by atoms with Gasteiger partial charge in [0.05, 0.1) is 22.1 Å². The number of rotatable bonds is 2. The van der Waals surface area contributed by atoms with Crippen molar-refractivity contribution in [3.63, 3.8) is 0 Å². The molecule has 51 heavy (non-hydrogen) atoms. The molecular weight excluding hydrogens is 619 g/mol. The summed E-state index contributed by atoms with van der Waals surface area (Å²) in [6, 6.07) is 64.8. The van der Waals surface area contributed by atoms with Gasteiger partial charge in [-0.2, -0.15) is 0 Å². The van der Waals surface area contributed by atoms with Crippen molar-refractivity contribution in [1.29, 1.82) is 0 Å². The van der Waals surface area contributed by atoms with E-state index in [1.54, 1.807) is 0 Å². The molecule has 8 aromatic carbocycles. The van der Waals surface area contributed by atoms with E-state index in [-0.39, 0.29) is 0 Å². The molecule has 0 amide bonds. The average Bonchev–Trinajstić information content (AvgIpc) is 3.85. The highest BCUT2D eigenvalue weighted by atomic mass is 16.3. The second-order valence-electron chi connectivity index (χ2n) is 14.0. The molecule has 2 aliphatic rings. The lowest BCUT2D eigenvalue weighted by atomic mass is 9.64. The Kier molecular flexibility index (Phi) is 5.20. The molecule has 1 spiro atoms.